The predicted octanol–water partition coefficient (Wildman–Crippen LogP) is 5.83. The molecular weight excluding hydrogens is 537 g/mol. The molecule has 42 heavy (non-hydrogen) atoms. The minimum absolute atomic E-state index is 0.0734. The van der Waals surface area contributed by atoms with Gasteiger partial charge in [-0.3, -0.25) is 20.0 Å². The van der Waals surface area contributed by atoms with Gasteiger partial charge in [-0.05, 0) is 57.8 Å². The van der Waals surface area contributed by atoms with Crippen molar-refractivity contribution < 1.29 is 23.5 Å². The Morgan fingerprint density at radius 3 is 2.50 bits per heavy atom. The molecule has 10 heteroatoms. The molecule has 9 nitrogen and oxygen atoms in total. The molecule has 2 aromatic heterocycles. The Kier molecular flexibility index (Phi) is 14.4. The van der Waals surface area contributed by atoms with Crippen molar-refractivity contribution in [2.24, 2.45) is 5.73 Å². The number of nitrogens with one attached hydrogen (secondary N) is 2. The number of primary amides is 1. The van der Waals surface area contributed by atoms with Crippen LogP contribution in [0.1, 0.15) is 90.1 Å². The van der Waals surface area contributed by atoms with Crippen LogP contribution in [0.25, 0.3) is 22.2 Å². The molecule has 0 atom stereocenters. The minimum Gasteiger partial charge on any atom is -0.441 e. The van der Waals surface area contributed by atoms with Crippen LogP contribution in [-0.2, 0) is 16.0 Å². The largest absolute Gasteiger partial charge is 0.441 e. The molecule has 1 aromatic carbocycles. The van der Waals surface area contributed by atoms with E-state index in [2.05, 4.69) is 15.3 Å². The highest BCUT2D eigenvalue weighted by molar-refractivity contribution is 6.37. The van der Waals surface area contributed by atoms with Crippen LogP contribution in [-0.4, -0.2) is 51.2 Å². The Balaban J connectivity index is 0.000000345. The highest BCUT2D eigenvalue weighted by atomic mass is 19.1. The third kappa shape index (κ3) is 11.1. The SMILES string of the molecule is CC.CCC(=O)CCCCCCc1ncc(-c2cc3ccc(C)nc3cc2F)o1.N=C(CC1(O)CCNCC1)C(N)=O. The summed E-state index contributed by atoms with van der Waals surface area (Å²) in [5, 5.41) is 21.1. The highest BCUT2D eigenvalue weighted by Gasteiger charge is 2.31. The van der Waals surface area contributed by atoms with Gasteiger partial charge in [-0.15, -0.1) is 0 Å². The molecule has 0 saturated carbocycles. The zero-order valence-corrected chi connectivity index (χ0v) is 25.4. The molecule has 0 bridgehead atoms. The van der Waals surface area contributed by atoms with Gasteiger partial charge in [0.2, 0.25) is 0 Å². The smallest absolute Gasteiger partial charge is 0.262 e. The first-order valence-corrected chi connectivity index (χ1v) is 14.9. The molecule has 3 aromatic rings. The van der Waals surface area contributed by atoms with Crippen molar-refractivity contribution in [3.63, 3.8) is 0 Å². The van der Waals surface area contributed by atoms with Gasteiger partial charge < -0.3 is 20.6 Å². The minimum atomic E-state index is -0.905. The van der Waals surface area contributed by atoms with Crippen molar-refractivity contribution in [2.75, 3.05) is 13.1 Å². The summed E-state index contributed by atoms with van der Waals surface area (Å²) in [6.45, 7) is 9.24. The molecule has 0 radical (unpaired) electrons. The van der Waals surface area contributed by atoms with E-state index >= 15 is 0 Å². The summed E-state index contributed by atoms with van der Waals surface area (Å²) in [4.78, 5) is 30.5. The summed E-state index contributed by atoms with van der Waals surface area (Å²) in [6, 6.07) is 7.04. The molecule has 1 fully saturated rings. The number of hydrogen-bond donors (Lipinski definition) is 4. The highest BCUT2D eigenvalue weighted by Crippen LogP contribution is 2.28. The van der Waals surface area contributed by atoms with Crippen LogP contribution < -0.4 is 11.1 Å². The zero-order valence-electron chi connectivity index (χ0n) is 25.4. The Hall–Kier alpha value is -3.50. The fraction of sp³-hybridized carbons (Fsp3) is 0.531. The van der Waals surface area contributed by atoms with E-state index in [4.69, 9.17) is 15.6 Å². The van der Waals surface area contributed by atoms with Gasteiger partial charge in [0.1, 0.15) is 11.6 Å². The standard InChI is InChI=1S/C22H25FN2O2.C8H15N3O2.C2H6/c1-3-17(26)8-6-4-5-7-9-22-24-14-21(27-22)18-12-16-11-10-15(2)25-20(16)13-19(18)23;9-6(7(10)12)5-8(13)1-3-11-4-2-8;1-2/h10-14H,3-9H2,1-2H3;9,11,13H,1-5H2,(H2,10,12);1-2H3. The number of piperidine rings is 1. The number of carbonyl (C=O) groups excluding carboxylic acids is 2. The third-order valence-corrected chi connectivity index (χ3v) is 7.06. The summed E-state index contributed by atoms with van der Waals surface area (Å²) in [6.07, 6.45) is 8.78. The molecule has 0 unspecified atom stereocenters. The molecule has 1 saturated heterocycles. The molecule has 1 aliphatic heterocycles. The van der Waals surface area contributed by atoms with Crippen molar-refractivity contribution >= 4 is 28.3 Å². The number of aromatic nitrogens is 2. The maximum Gasteiger partial charge on any atom is 0.262 e. The molecular formula is C32H46FN5O4. The molecule has 230 valence electrons. The van der Waals surface area contributed by atoms with Crippen LogP contribution >= 0.6 is 0 Å². The number of unbranched alkanes of at least 4 members (excludes halogenated alkanes) is 3. The van der Waals surface area contributed by atoms with Gasteiger partial charge in [-0.2, -0.15) is 0 Å². The zero-order chi connectivity index (χ0) is 31.1. The number of ketones is 1. The number of pyridine rings is 1. The molecule has 3 heterocycles. The van der Waals surface area contributed by atoms with Gasteiger partial charge in [-0.1, -0.05) is 39.7 Å². The van der Waals surface area contributed by atoms with Crippen molar-refractivity contribution in [3.8, 4) is 11.3 Å². The lowest BCUT2D eigenvalue weighted by Crippen LogP contribution is -2.44. The number of nitrogens with two attached hydrogens (primary N) is 1. The van der Waals surface area contributed by atoms with Crippen molar-refractivity contribution in [1.82, 2.24) is 15.3 Å². The monoisotopic (exact) mass is 583 g/mol. The maximum atomic E-state index is 14.5. The summed E-state index contributed by atoms with van der Waals surface area (Å²) in [7, 11) is 0. The number of aliphatic hydroxyl groups is 1. The van der Waals surface area contributed by atoms with Crippen molar-refractivity contribution in [2.45, 2.75) is 97.5 Å². The maximum absolute atomic E-state index is 14.5. The number of amides is 1. The van der Waals surface area contributed by atoms with E-state index in [0.717, 1.165) is 56.3 Å². The van der Waals surface area contributed by atoms with Gasteiger partial charge in [-0.25, -0.2) is 9.37 Å². The molecule has 4 rings (SSSR count). The summed E-state index contributed by atoms with van der Waals surface area (Å²) < 4.78 is 20.2. The van der Waals surface area contributed by atoms with Gasteiger partial charge in [0, 0.05) is 42.8 Å². The third-order valence-electron chi connectivity index (χ3n) is 7.06. The van der Waals surface area contributed by atoms with Gasteiger partial charge in [0.15, 0.2) is 11.7 Å². The number of fused-ring (bicyclic) bond motifs is 1. The van der Waals surface area contributed by atoms with E-state index in [1.54, 1.807) is 12.3 Å². The van der Waals surface area contributed by atoms with Crippen LogP contribution in [0.5, 0.6) is 0 Å². The van der Waals surface area contributed by atoms with E-state index < -0.39 is 11.5 Å². The average Bonchev–Trinajstić information content (AvgIpc) is 3.44. The number of rotatable bonds is 12. The molecule has 5 N–H and O–H groups in total. The Morgan fingerprint density at radius 2 is 1.83 bits per heavy atom. The van der Waals surface area contributed by atoms with Crippen molar-refractivity contribution in [1.29, 1.82) is 5.41 Å². The number of Topliss-reactive ketones (excluding diaryl/α,β-unsaturated/α-hetero) is 1. The summed E-state index contributed by atoms with van der Waals surface area (Å²) in [5.41, 5.74) is 5.73. The number of aryl methyl sites for hydroxylation is 2. The average molecular weight is 584 g/mol. The normalized spacial score (nSPS) is 13.9. The lowest BCUT2D eigenvalue weighted by Gasteiger charge is -2.32. The molecule has 1 amide bonds. The second-order valence-electron chi connectivity index (χ2n) is 10.4. The lowest BCUT2D eigenvalue weighted by molar-refractivity contribution is -0.118. The summed E-state index contributed by atoms with van der Waals surface area (Å²) in [5.74, 6) is 0.292. The quantitative estimate of drug-likeness (QED) is 0.154. The number of carbonyl (C=O) groups is 2. The van der Waals surface area contributed by atoms with E-state index in [9.17, 15) is 19.1 Å². The Labute approximate surface area is 248 Å². The van der Waals surface area contributed by atoms with E-state index in [1.807, 2.05) is 39.8 Å². The summed E-state index contributed by atoms with van der Waals surface area (Å²) >= 11 is 0. The van der Waals surface area contributed by atoms with Gasteiger partial charge in [0.25, 0.3) is 5.91 Å². The topological polar surface area (TPSA) is 155 Å². The van der Waals surface area contributed by atoms with Crippen LogP contribution in [0.3, 0.4) is 0 Å². The fourth-order valence-electron chi connectivity index (χ4n) is 4.60. The first-order valence-electron chi connectivity index (χ1n) is 14.9. The van der Waals surface area contributed by atoms with Gasteiger partial charge >= 0.3 is 0 Å². The van der Waals surface area contributed by atoms with Crippen molar-refractivity contribution in [3.05, 3.63) is 47.9 Å². The molecule has 0 spiro atoms. The second-order valence-corrected chi connectivity index (χ2v) is 10.4. The lowest BCUT2D eigenvalue weighted by atomic mass is 9.87. The Bertz CT molecular complexity index is 1320. The number of benzene rings is 1. The van der Waals surface area contributed by atoms with Gasteiger partial charge in [0.05, 0.1) is 28.6 Å². The van der Waals surface area contributed by atoms with E-state index in [1.165, 1.54) is 6.07 Å². The van der Waals surface area contributed by atoms with Crippen LogP contribution in [0.4, 0.5) is 4.39 Å². The first kappa shape index (κ1) is 34.7. The first-order chi connectivity index (χ1) is 20.1. The molecule has 1 aliphatic rings. The van der Waals surface area contributed by atoms with Crippen LogP contribution in [0.15, 0.2) is 34.9 Å². The number of oxazole rings is 1. The Morgan fingerprint density at radius 1 is 1.14 bits per heavy atom. The van der Waals surface area contributed by atoms with E-state index in [0.29, 0.717) is 54.2 Å². The molecule has 0 aliphatic carbocycles. The van der Waals surface area contributed by atoms with E-state index in [-0.39, 0.29) is 17.9 Å². The number of hydrogen-bond acceptors (Lipinski definition) is 8. The predicted molar refractivity (Wildman–Crippen MR) is 164 cm³/mol. The fourth-order valence-corrected chi connectivity index (χ4v) is 4.60. The van der Waals surface area contributed by atoms with Crippen LogP contribution in [0.2, 0.25) is 0 Å². The van der Waals surface area contributed by atoms with Crippen LogP contribution in [0, 0.1) is 18.2 Å². The second kappa shape index (κ2) is 17.5. The number of nitrogens with zero attached hydrogens (tertiary/aromatic N) is 2. The number of halogens is 1.